The van der Waals surface area contributed by atoms with Crippen molar-refractivity contribution in [2.24, 2.45) is 5.92 Å². The molecule has 0 rings (SSSR count). The summed E-state index contributed by atoms with van der Waals surface area (Å²) in [5.41, 5.74) is 0. The van der Waals surface area contributed by atoms with Gasteiger partial charge in [-0.15, -0.1) is 0 Å². The Morgan fingerprint density at radius 2 is 1.14 bits per heavy atom. The molecule has 0 aliphatic carbocycles. The van der Waals surface area contributed by atoms with Gasteiger partial charge in [0.15, 0.2) is 23.5 Å². The van der Waals surface area contributed by atoms with Crippen molar-refractivity contribution < 1.29 is 44.7 Å². The number of carboxylic acids is 1. The van der Waals surface area contributed by atoms with Gasteiger partial charge in [0.05, 0.1) is 0 Å². The first kappa shape index (κ1) is 19.3. The fourth-order valence-corrected chi connectivity index (χ4v) is 1.52. The Morgan fingerprint density at radius 1 is 0.762 bits per heavy atom. The van der Waals surface area contributed by atoms with Crippen LogP contribution < -0.4 is 0 Å². The van der Waals surface area contributed by atoms with E-state index in [1.807, 2.05) is 0 Å². The smallest absolute Gasteiger partial charge is 0.332 e. The summed E-state index contributed by atoms with van der Waals surface area (Å²) in [5.74, 6) is -7.65. The summed E-state index contributed by atoms with van der Waals surface area (Å²) < 4.78 is 0. The molecule has 0 aliphatic heterocycles. The maximum Gasteiger partial charge on any atom is 0.332 e. The quantitative estimate of drug-likeness (QED) is 0.284. The number of aliphatic carboxylic acids is 1. The van der Waals surface area contributed by atoms with Gasteiger partial charge in [-0.1, -0.05) is 0 Å². The fourth-order valence-electron chi connectivity index (χ4n) is 1.52. The Labute approximate surface area is 119 Å². The molecule has 0 fully saturated rings. The highest BCUT2D eigenvalue weighted by molar-refractivity contribution is 6.22. The van der Waals surface area contributed by atoms with E-state index in [2.05, 4.69) is 0 Å². The lowest BCUT2D eigenvalue weighted by Gasteiger charge is -2.20. The molecule has 9 heteroatoms. The second kappa shape index (κ2) is 7.93. The third kappa shape index (κ3) is 5.31. The van der Waals surface area contributed by atoms with E-state index < -0.39 is 60.1 Å². The standard InChI is InChI=1S/C12H18O9/c1-4(13)9(17)8(10(18)5(2)14)11(19)6(15)3-7(16)12(20)21/h4-8,13-16H,3H2,1-2H3,(H,20,21). The largest absolute Gasteiger partial charge is 0.479 e. The number of hydrogen-bond acceptors (Lipinski definition) is 8. The zero-order valence-electron chi connectivity index (χ0n) is 11.5. The van der Waals surface area contributed by atoms with E-state index in [0.29, 0.717) is 0 Å². The van der Waals surface area contributed by atoms with E-state index in [-0.39, 0.29) is 0 Å². The number of hydrogen-bond donors (Lipinski definition) is 5. The Hall–Kier alpha value is -1.68. The number of aliphatic hydroxyl groups is 4. The fraction of sp³-hybridized carbons (Fsp3) is 0.667. The predicted molar refractivity (Wildman–Crippen MR) is 66.1 cm³/mol. The van der Waals surface area contributed by atoms with Crippen molar-refractivity contribution in [1.29, 1.82) is 0 Å². The van der Waals surface area contributed by atoms with Crippen molar-refractivity contribution in [3.8, 4) is 0 Å². The third-order valence-electron chi connectivity index (χ3n) is 2.74. The highest BCUT2D eigenvalue weighted by Gasteiger charge is 2.41. The van der Waals surface area contributed by atoms with Crippen LogP contribution in [0.4, 0.5) is 0 Å². The normalized spacial score (nSPS) is 18.2. The second-order valence-electron chi connectivity index (χ2n) is 4.60. The first-order chi connectivity index (χ1) is 9.50. The van der Waals surface area contributed by atoms with Gasteiger partial charge in [-0.05, 0) is 13.8 Å². The van der Waals surface area contributed by atoms with E-state index in [4.69, 9.17) is 20.4 Å². The second-order valence-corrected chi connectivity index (χ2v) is 4.60. The molecule has 0 aromatic carbocycles. The molecular weight excluding hydrogens is 288 g/mol. The van der Waals surface area contributed by atoms with Crippen LogP contribution in [-0.4, -0.2) is 73.3 Å². The van der Waals surface area contributed by atoms with Crippen LogP contribution in [0.2, 0.25) is 0 Å². The summed E-state index contributed by atoms with van der Waals surface area (Å²) in [5, 5.41) is 45.4. The molecule has 0 aromatic heterocycles. The van der Waals surface area contributed by atoms with Crippen molar-refractivity contribution in [1.82, 2.24) is 0 Å². The van der Waals surface area contributed by atoms with Crippen LogP contribution in [0.1, 0.15) is 20.3 Å². The van der Waals surface area contributed by atoms with Crippen LogP contribution in [0, 0.1) is 5.92 Å². The number of carbonyl (C=O) groups excluding carboxylic acids is 3. The minimum atomic E-state index is -2.12. The molecule has 0 spiro atoms. The summed E-state index contributed by atoms with van der Waals surface area (Å²) in [6, 6.07) is 0. The Balaban J connectivity index is 5.25. The molecule has 4 unspecified atom stereocenters. The molecule has 0 amide bonds. The first-order valence-electron chi connectivity index (χ1n) is 6.06. The van der Waals surface area contributed by atoms with Gasteiger partial charge in [0.25, 0.3) is 0 Å². The predicted octanol–water partition coefficient (Wildman–Crippen LogP) is -2.73. The highest BCUT2D eigenvalue weighted by Crippen LogP contribution is 2.14. The maximum atomic E-state index is 11.9. The van der Waals surface area contributed by atoms with Crippen LogP contribution >= 0.6 is 0 Å². The molecular formula is C12H18O9. The summed E-state index contributed by atoms with van der Waals surface area (Å²) in [6.07, 6.45) is -8.49. The lowest BCUT2D eigenvalue weighted by Crippen LogP contribution is -2.46. The van der Waals surface area contributed by atoms with Crippen molar-refractivity contribution in [3.05, 3.63) is 0 Å². The van der Waals surface area contributed by atoms with Gasteiger partial charge in [-0.2, -0.15) is 0 Å². The number of ketones is 3. The van der Waals surface area contributed by atoms with Crippen molar-refractivity contribution in [3.63, 3.8) is 0 Å². The van der Waals surface area contributed by atoms with E-state index in [1.165, 1.54) is 0 Å². The van der Waals surface area contributed by atoms with Crippen LogP contribution in [0.3, 0.4) is 0 Å². The van der Waals surface area contributed by atoms with Crippen molar-refractivity contribution in [2.75, 3.05) is 0 Å². The minimum Gasteiger partial charge on any atom is -0.479 e. The Bertz CT molecular complexity index is 406. The number of rotatable bonds is 9. The van der Waals surface area contributed by atoms with Crippen molar-refractivity contribution >= 4 is 23.3 Å². The molecule has 4 atom stereocenters. The van der Waals surface area contributed by atoms with E-state index >= 15 is 0 Å². The monoisotopic (exact) mass is 306 g/mol. The zero-order valence-corrected chi connectivity index (χ0v) is 11.5. The van der Waals surface area contributed by atoms with Gasteiger partial charge in [0.2, 0.25) is 0 Å². The molecule has 21 heavy (non-hydrogen) atoms. The van der Waals surface area contributed by atoms with Gasteiger partial charge in [-0.25, -0.2) is 4.79 Å². The molecule has 0 saturated heterocycles. The van der Waals surface area contributed by atoms with E-state index in [0.717, 1.165) is 13.8 Å². The average molecular weight is 306 g/mol. The van der Waals surface area contributed by atoms with Gasteiger partial charge in [0, 0.05) is 6.42 Å². The van der Waals surface area contributed by atoms with E-state index in [9.17, 15) is 24.3 Å². The number of aliphatic hydroxyl groups excluding tert-OH is 4. The molecule has 0 radical (unpaired) electrons. The van der Waals surface area contributed by atoms with Gasteiger partial charge in [0.1, 0.15) is 24.2 Å². The molecule has 0 bridgehead atoms. The summed E-state index contributed by atoms with van der Waals surface area (Å²) in [7, 11) is 0. The topological polar surface area (TPSA) is 169 Å². The van der Waals surface area contributed by atoms with Gasteiger partial charge < -0.3 is 25.5 Å². The van der Waals surface area contributed by atoms with Crippen LogP contribution in [-0.2, 0) is 19.2 Å². The first-order valence-corrected chi connectivity index (χ1v) is 6.06. The summed E-state index contributed by atoms with van der Waals surface area (Å²) >= 11 is 0. The van der Waals surface area contributed by atoms with E-state index in [1.54, 1.807) is 0 Å². The molecule has 9 nitrogen and oxygen atoms in total. The number of carbonyl (C=O) groups is 4. The molecule has 0 aromatic rings. The van der Waals surface area contributed by atoms with Gasteiger partial charge in [-0.3, -0.25) is 14.4 Å². The van der Waals surface area contributed by atoms with Crippen LogP contribution in [0.15, 0.2) is 0 Å². The molecule has 0 aliphatic rings. The third-order valence-corrected chi connectivity index (χ3v) is 2.74. The SMILES string of the molecule is CC(O)C(=O)C(C(=O)C(C)O)C(=O)C(O)CC(O)C(=O)O. The molecule has 0 saturated carbocycles. The Morgan fingerprint density at radius 3 is 1.43 bits per heavy atom. The summed E-state index contributed by atoms with van der Waals surface area (Å²) in [4.78, 5) is 45.6. The maximum absolute atomic E-state index is 11.9. The highest BCUT2D eigenvalue weighted by atomic mass is 16.4. The Kier molecular flexibility index (Phi) is 7.30. The van der Waals surface area contributed by atoms with Crippen LogP contribution in [0.25, 0.3) is 0 Å². The van der Waals surface area contributed by atoms with Gasteiger partial charge >= 0.3 is 5.97 Å². The van der Waals surface area contributed by atoms with Crippen molar-refractivity contribution in [2.45, 2.75) is 44.7 Å². The lowest BCUT2D eigenvalue weighted by molar-refractivity contribution is -0.152. The minimum absolute atomic E-state index is 0.926. The molecule has 120 valence electrons. The van der Waals surface area contributed by atoms with Crippen LogP contribution in [0.5, 0.6) is 0 Å². The zero-order chi connectivity index (χ0) is 16.9. The molecule has 0 heterocycles. The lowest BCUT2D eigenvalue weighted by atomic mass is 9.85. The average Bonchev–Trinajstić information content (AvgIpc) is 2.37. The molecule has 5 N–H and O–H groups in total. The summed E-state index contributed by atoms with van der Waals surface area (Å²) in [6.45, 7) is 1.99. The number of carboxylic acid groups (broad SMARTS) is 1. The number of Topliss-reactive ketones (excluding diaryl/α,β-unsaturated/α-hetero) is 3.